The highest BCUT2D eigenvalue weighted by molar-refractivity contribution is 6.30. The Labute approximate surface area is 122 Å². The lowest BCUT2D eigenvalue weighted by Crippen LogP contribution is -2.49. The van der Waals surface area contributed by atoms with Gasteiger partial charge in [0, 0.05) is 18.6 Å². The number of hydrogen-bond donors (Lipinski definition) is 5. The van der Waals surface area contributed by atoms with Gasteiger partial charge in [0.15, 0.2) is 0 Å². The summed E-state index contributed by atoms with van der Waals surface area (Å²) in [7, 11) is -2.17. The lowest BCUT2D eigenvalue weighted by atomic mass is 9.82. The van der Waals surface area contributed by atoms with E-state index in [0.29, 0.717) is 0 Å². The summed E-state index contributed by atoms with van der Waals surface area (Å²) in [6, 6.07) is 5.93. The van der Waals surface area contributed by atoms with Crippen LogP contribution in [0.1, 0.15) is 26.3 Å². The van der Waals surface area contributed by atoms with Crippen molar-refractivity contribution in [3.8, 4) is 0 Å². The molecule has 0 radical (unpaired) electrons. The average Bonchev–Trinajstić information content (AvgIpc) is 2.26. The highest BCUT2D eigenvalue weighted by Crippen LogP contribution is 2.26. The van der Waals surface area contributed by atoms with E-state index >= 15 is 0 Å². The zero-order valence-electron chi connectivity index (χ0n) is 12.1. The first kappa shape index (κ1) is 19.5. The number of nitro groups is 1. The number of hydrogen-bond acceptors (Lipinski definition) is 7. The molecule has 8 nitrogen and oxygen atoms in total. The second-order valence-corrected chi connectivity index (χ2v) is 5.28. The molecule has 0 saturated carbocycles. The summed E-state index contributed by atoms with van der Waals surface area (Å²) in [6.07, 6.45) is 0.231. The molecule has 0 heterocycles. The maximum absolute atomic E-state index is 10.5. The van der Waals surface area contributed by atoms with Gasteiger partial charge in [-0.3, -0.25) is 10.1 Å². The molecule has 1 rings (SSSR count). The van der Waals surface area contributed by atoms with Crippen LogP contribution in [0.5, 0.6) is 0 Å². The largest absolute Gasteiger partial charge is 0.631 e. The molecule has 5 N–H and O–H groups in total. The van der Waals surface area contributed by atoms with Crippen molar-refractivity contribution >= 4 is 13.0 Å². The van der Waals surface area contributed by atoms with Crippen molar-refractivity contribution in [2.24, 2.45) is 0 Å². The van der Waals surface area contributed by atoms with Gasteiger partial charge in [0.05, 0.1) is 16.1 Å². The second-order valence-electron chi connectivity index (χ2n) is 5.28. The SMILES string of the molecule is CC(C)(O)C(C)(O)Cc1ccc([N+](=O)[O-])cc1.OB(O)O. The Bertz CT molecular complexity index is 451. The highest BCUT2D eigenvalue weighted by Gasteiger charge is 2.37. The fraction of sp³-hybridized carbons (Fsp3) is 0.500. The summed E-state index contributed by atoms with van der Waals surface area (Å²) in [5.74, 6) is 0. The summed E-state index contributed by atoms with van der Waals surface area (Å²) in [5.41, 5.74) is -1.78. The summed E-state index contributed by atoms with van der Waals surface area (Å²) in [6.45, 7) is 4.59. The van der Waals surface area contributed by atoms with E-state index in [1.54, 1.807) is 12.1 Å². The van der Waals surface area contributed by atoms with Crippen LogP contribution in [0.4, 0.5) is 5.69 Å². The highest BCUT2D eigenvalue weighted by atomic mass is 16.6. The molecule has 0 fully saturated rings. The molecular formula is C12H20BNO7. The van der Waals surface area contributed by atoms with Crippen molar-refractivity contribution in [1.29, 1.82) is 0 Å². The normalized spacial score (nSPS) is 13.7. The molecule has 118 valence electrons. The Morgan fingerprint density at radius 1 is 1.10 bits per heavy atom. The van der Waals surface area contributed by atoms with Crippen LogP contribution in [-0.2, 0) is 6.42 Å². The molecule has 1 aromatic rings. The van der Waals surface area contributed by atoms with Gasteiger partial charge in [-0.25, -0.2) is 0 Å². The third-order valence-electron chi connectivity index (χ3n) is 3.01. The van der Waals surface area contributed by atoms with Gasteiger partial charge in [0.1, 0.15) is 0 Å². The zero-order chi connectivity index (χ0) is 16.8. The van der Waals surface area contributed by atoms with Gasteiger partial charge in [0.2, 0.25) is 0 Å². The van der Waals surface area contributed by atoms with Crippen LogP contribution < -0.4 is 0 Å². The maximum atomic E-state index is 10.5. The molecule has 0 aromatic heterocycles. The van der Waals surface area contributed by atoms with E-state index in [1.807, 2.05) is 0 Å². The van der Waals surface area contributed by atoms with Gasteiger partial charge in [-0.05, 0) is 26.3 Å². The van der Waals surface area contributed by atoms with E-state index in [2.05, 4.69) is 0 Å². The molecular weight excluding hydrogens is 281 g/mol. The third kappa shape index (κ3) is 7.16. The summed E-state index contributed by atoms with van der Waals surface area (Å²) in [4.78, 5) is 10.00. The Balaban J connectivity index is 0.000000885. The fourth-order valence-corrected chi connectivity index (χ4v) is 1.35. The molecule has 0 amide bonds. The predicted molar refractivity (Wildman–Crippen MR) is 76.1 cm³/mol. The third-order valence-corrected chi connectivity index (χ3v) is 3.01. The monoisotopic (exact) mass is 301 g/mol. The van der Waals surface area contributed by atoms with Crippen molar-refractivity contribution in [1.82, 2.24) is 0 Å². The maximum Gasteiger partial charge on any atom is 0.631 e. The predicted octanol–water partition coefficient (Wildman–Crippen LogP) is -0.393. The summed E-state index contributed by atoms with van der Waals surface area (Å²) in [5, 5.41) is 51.9. The minimum Gasteiger partial charge on any atom is -0.402 e. The molecule has 1 unspecified atom stereocenters. The van der Waals surface area contributed by atoms with E-state index in [1.165, 1.54) is 32.9 Å². The molecule has 1 aromatic carbocycles. The number of benzene rings is 1. The Morgan fingerprint density at radius 2 is 1.48 bits per heavy atom. The first-order valence-electron chi connectivity index (χ1n) is 6.09. The first-order valence-corrected chi connectivity index (χ1v) is 6.09. The number of nitrogens with zero attached hydrogens (tertiary/aromatic N) is 1. The standard InChI is InChI=1S/C12H17NO4.BH3O3/c1-11(2,14)12(3,15)8-9-4-6-10(7-5-9)13(16)17;2-1(3)4/h4-7,14-15H,8H2,1-3H3;2-4H. The van der Waals surface area contributed by atoms with Crippen LogP contribution in [-0.4, -0.2) is 48.7 Å². The molecule has 0 bridgehead atoms. The topological polar surface area (TPSA) is 144 Å². The van der Waals surface area contributed by atoms with Gasteiger partial charge >= 0.3 is 7.32 Å². The van der Waals surface area contributed by atoms with Gasteiger partial charge in [-0.2, -0.15) is 0 Å². The van der Waals surface area contributed by atoms with Crippen LogP contribution in [0.3, 0.4) is 0 Å². The van der Waals surface area contributed by atoms with E-state index in [0.717, 1.165) is 5.56 Å². The molecule has 0 aliphatic carbocycles. The number of rotatable bonds is 4. The van der Waals surface area contributed by atoms with E-state index < -0.39 is 23.4 Å². The van der Waals surface area contributed by atoms with Crippen molar-refractivity contribution in [2.45, 2.75) is 38.4 Å². The van der Waals surface area contributed by atoms with Gasteiger partial charge in [-0.15, -0.1) is 0 Å². The van der Waals surface area contributed by atoms with E-state index in [-0.39, 0.29) is 12.1 Å². The van der Waals surface area contributed by atoms with Crippen molar-refractivity contribution in [3.63, 3.8) is 0 Å². The minimum absolute atomic E-state index is 0.0108. The lowest BCUT2D eigenvalue weighted by Gasteiger charge is -2.35. The first-order chi connectivity index (χ1) is 9.36. The van der Waals surface area contributed by atoms with Crippen molar-refractivity contribution in [2.75, 3.05) is 0 Å². The van der Waals surface area contributed by atoms with Gasteiger partial charge in [0.25, 0.3) is 5.69 Å². The van der Waals surface area contributed by atoms with E-state index in [4.69, 9.17) is 15.1 Å². The Morgan fingerprint density at radius 3 is 1.76 bits per heavy atom. The molecule has 0 aliphatic heterocycles. The number of non-ortho nitro benzene ring substituents is 1. The van der Waals surface area contributed by atoms with Crippen LogP contribution >= 0.6 is 0 Å². The van der Waals surface area contributed by atoms with Gasteiger partial charge < -0.3 is 25.3 Å². The second kappa shape index (κ2) is 7.48. The van der Waals surface area contributed by atoms with Crippen molar-refractivity contribution < 1.29 is 30.2 Å². The lowest BCUT2D eigenvalue weighted by molar-refractivity contribution is -0.384. The molecule has 0 spiro atoms. The molecule has 21 heavy (non-hydrogen) atoms. The van der Waals surface area contributed by atoms with Gasteiger partial charge in [-0.1, -0.05) is 12.1 Å². The number of aliphatic hydroxyl groups is 2. The zero-order valence-corrected chi connectivity index (χ0v) is 12.1. The Hall–Kier alpha value is -1.52. The number of nitro benzene ring substituents is 1. The average molecular weight is 301 g/mol. The molecule has 9 heteroatoms. The quantitative estimate of drug-likeness (QED) is 0.289. The molecule has 1 atom stereocenters. The summed E-state index contributed by atoms with van der Waals surface area (Å²) >= 11 is 0. The van der Waals surface area contributed by atoms with E-state index in [9.17, 15) is 20.3 Å². The summed E-state index contributed by atoms with van der Waals surface area (Å²) < 4.78 is 0. The molecule has 0 aliphatic rings. The van der Waals surface area contributed by atoms with Crippen LogP contribution in [0.25, 0.3) is 0 Å². The fourth-order valence-electron chi connectivity index (χ4n) is 1.35. The van der Waals surface area contributed by atoms with Crippen LogP contribution in [0.2, 0.25) is 0 Å². The van der Waals surface area contributed by atoms with Crippen LogP contribution in [0, 0.1) is 10.1 Å². The molecule has 0 saturated heterocycles. The Kier molecular flexibility index (Phi) is 6.94. The van der Waals surface area contributed by atoms with Crippen molar-refractivity contribution in [3.05, 3.63) is 39.9 Å². The smallest absolute Gasteiger partial charge is 0.402 e. The minimum atomic E-state index is -2.17. The van der Waals surface area contributed by atoms with Crippen LogP contribution in [0.15, 0.2) is 24.3 Å².